The second-order valence-corrected chi connectivity index (χ2v) is 7.55. The smallest absolute Gasteiger partial charge is 0.222 e. The molecule has 0 aromatic carbocycles. The van der Waals surface area contributed by atoms with Gasteiger partial charge in [-0.1, -0.05) is 0 Å². The summed E-state index contributed by atoms with van der Waals surface area (Å²) in [5.41, 5.74) is -0.0778. The van der Waals surface area contributed by atoms with Crippen LogP contribution in [0.3, 0.4) is 0 Å². The molecule has 24 heavy (non-hydrogen) atoms. The Morgan fingerprint density at radius 2 is 2.33 bits per heavy atom. The van der Waals surface area contributed by atoms with E-state index in [0.717, 1.165) is 51.1 Å². The van der Waals surface area contributed by atoms with E-state index in [1.165, 1.54) is 12.8 Å². The number of hydrogen-bond acceptors (Lipinski definition) is 4. The predicted octanol–water partition coefficient (Wildman–Crippen LogP) is 2.66. The first kappa shape index (κ1) is 15.9. The molecule has 1 saturated carbocycles. The van der Waals surface area contributed by atoms with Crippen molar-refractivity contribution in [3.05, 3.63) is 24.5 Å². The lowest BCUT2D eigenvalue weighted by Crippen LogP contribution is -2.58. The van der Waals surface area contributed by atoms with Crippen LogP contribution in [0.25, 0.3) is 0 Å². The number of nitrogens with zero attached hydrogens (tertiary/aromatic N) is 2. The Morgan fingerprint density at radius 1 is 1.42 bits per heavy atom. The normalized spacial score (nSPS) is 29.8. The number of carbonyl (C=O) groups is 1. The quantitative estimate of drug-likeness (QED) is 0.833. The van der Waals surface area contributed by atoms with E-state index in [4.69, 9.17) is 9.47 Å². The molecule has 0 radical (unpaired) electrons. The lowest BCUT2D eigenvalue weighted by molar-refractivity contribution is -0.158. The van der Waals surface area contributed by atoms with E-state index in [9.17, 15) is 4.79 Å². The molecule has 3 aliphatic rings. The van der Waals surface area contributed by atoms with Gasteiger partial charge in [-0.05, 0) is 50.2 Å². The van der Waals surface area contributed by atoms with Gasteiger partial charge in [0, 0.05) is 37.7 Å². The molecule has 2 saturated heterocycles. The van der Waals surface area contributed by atoms with Crippen LogP contribution in [-0.2, 0) is 9.53 Å². The molecule has 130 valence electrons. The van der Waals surface area contributed by atoms with Crippen LogP contribution in [0, 0.1) is 11.3 Å². The van der Waals surface area contributed by atoms with Gasteiger partial charge in [-0.3, -0.25) is 9.78 Å². The predicted molar refractivity (Wildman–Crippen MR) is 89.7 cm³/mol. The first-order chi connectivity index (χ1) is 11.8. The largest absolute Gasteiger partial charge is 0.491 e. The van der Waals surface area contributed by atoms with Crippen LogP contribution in [0.5, 0.6) is 5.75 Å². The molecule has 5 heteroatoms. The Balaban J connectivity index is 1.45. The van der Waals surface area contributed by atoms with Gasteiger partial charge in [-0.15, -0.1) is 0 Å². The van der Waals surface area contributed by atoms with Crippen molar-refractivity contribution in [3.8, 4) is 5.75 Å². The molecule has 4 rings (SSSR count). The van der Waals surface area contributed by atoms with Crippen molar-refractivity contribution in [2.75, 3.05) is 26.3 Å². The van der Waals surface area contributed by atoms with Gasteiger partial charge in [0.15, 0.2) is 0 Å². The molecule has 3 heterocycles. The van der Waals surface area contributed by atoms with Crippen molar-refractivity contribution in [3.63, 3.8) is 0 Å². The second-order valence-electron chi connectivity index (χ2n) is 7.55. The highest BCUT2D eigenvalue weighted by Crippen LogP contribution is 2.41. The van der Waals surface area contributed by atoms with Gasteiger partial charge in [0.05, 0.1) is 18.9 Å². The number of likely N-dealkylation sites (tertiary alicyclic amines) is 1. The minimum atomic E-state index is -0.0778. The fraction of sp³-hybridized carbons (Fsp3) is 0.684. The Bertz CT molecular complexity index is 575. The van der Waals surface area contributed by atoms with Gasteiger partial charge in [0.2, 0.25) is 5.91 Å². The molecule has 1 aromatic rings. The molecule has 2 atom stereocenters. The Hall–Kier alpha value is -1.62. The standard InChI is InChI=1S/C19H26N2O3/c22-18(11-15-4-5-15)21-9-6-17-19(13-21,7-2-10-23-17)14-24-16-3-1-8-20-12-16/h1,3,8,12,15,17H,2,4-7,9-11,13-14H2/t17-,19-/m0/s1. The molecule has 2 aliphatic heterocycles. The third kappa shape index (κ3) is 3.41. The van der Waals surface area contributed by atoms with Gasteiger partial charge in [0.25, 0.3) is 0 Å². The van der Waals surface area contributed by atoms with E-state index in [1.807, 2.05) is 12.1 Å². The molecular formula is C19H26N2O3. The number of carbonyl (C=O) groups excluding carboxylic acids is 1. The van der Waals surface area contributed by atoms with Crippen LogP contribution >= 0.6 is 0 Å². The van der Waals surface area contributed by atoms with E-state index >= 15 is 0 Å². The second kappa shape index (κ2) is 6.71. The summed E-state index contributed by atoms with van der Waals surface area (Å²) < 4.78 is 12.1. The van der Waals surface area contributed by atoms with Gasteiger partial charge in [-0.25, -0.2) is 0 Å². The number of piperidine rings is 1. The lowest BCUT2D eigenvalue weighted by atomic mass is 9.73. The minimum Gasteiger partial charge on any atom is -0.491 e. The number of aromatic nitrogens is 1. The van der Waals surface area contributed by atoms with Gasteiger partial charge >= 0.3 is 0 Å². The summed E-state index contributed by atoms with van der Waals surface area (Å²) in [7, 11) is 0. The van der Waals surface area contributed by atoms with Crippen LogP contribution in [0.15, 0.2) is 24.5 Å². The van der Waals surface area contributed by atoms with Crippen molar-refractivity contribution in [2.45, 2.75) is 44.6 Å². The zero-order valence-electron chi connectivity index (χ0n) is 14.2. The van der Waals surface area contributed by atoms with Crippen molar-refractivity contribution >= 4 is 5.91 Å². The maximum atomic E-state index is 12.6. The highest BCUT2D eigenvalue weighted by molar-refractivity contribution is 5.77. The fourth-order valence-electron chi connectivity index (χ4n) is 4.07. The van der Waals surface area contributed by atoms with E-state index < -0.39 is 0 Å². The lowest BCUT2D eigenvalue weighted by Gasteiger charge is -2.50. The van der Waals surface area contributed by atoms with Crippen molar-refractivity contribution in [2.24, 2.45) is 11.3 Å². The molecule has 1 aliphatic carbocycles. The third-order valence-electron chi connectivity index (χ3n) is 5.66. The highest BCUT2D eigenvalue weighted by atomic mass is 16.5. The maximum absolute atomic E-state index is 12.6. The molecular weight excluding hydrogens is 304 g/mol. The molecule has 1 aromatic heterocycles. The first-order valence-corrected chi connectivity index (χ1v) is 9.17. The molecule has 0 bridgehead atoms. The van der Waals surface area contributed by atoms with E-state index in [1.54, 1.807) is 12.4 Å². The number of hydrogen-bond donors (Lipinski definition) is 0. The number of rotatable bonds is 5. The summed E-state index contributed by atoms with van der Waals surface area (Å²) in [6.45, 7) is 3.01. The van der Waals surface area contributed by atoms with Crippen LogP contribution < -0.4 is 4.74 Å². The van der Waals surface area contributed by atoms with Gasteiger partial charge in [-0.2, -0.15) is 0 Å². The third-order valence-corrected chi connectivity index (χ3v) is 5.66. The zero-order chi connectivity index (χ0) is 16.4. The topological polar surface area (TPSA) is 51.7 Å². The highest BCUT2D eigenvalue weighted by Gasteiger charge is 2.48. The number of ether oxygens (including phenoxy) is 2. The molecule has 0 N–H and O–H groups in total. The summed E-state index contributed by atoms with van der Waals surface area (Å²) in [4.78, 5) is 18.8. The zero-order valence-corrected chi connectivity index (χ0v) is 14.2. The van der Waals surface area contributed by atoms with Crippen LogP contribution in [0.4, 0.5) is 0 Å². The number of amides is 1. The molecule has 0 unspecified atom stereocenters. The molecule has 5 nitrogen and oxygen atoms in total. The molecule has 1 amide bonds. The summed E-state index contributed by atoms with van der Waals surface area (Å²) in [5, 5.41) is 0. The maximum Gasteiger partial charge on any atom is 0.222 e. The Morgan fingerprint density at radius 3 is 3.12 bits per heavy atom. The Kier molecular flexibility index (Phi) is 4.44. The average Bonchev–Trinajstić information content (AvgIpc) is 3.44. The van der Waals surface area contributed by atoms with Crippen molar-refractivity contribution < 1.29 is 14.3 Å². The van der Waals surface area contributed by atoms with Crippen molar-refractivity contribution in [1.29, 1.82) is 0 Å². The molecule has 3 fully saturated rings. The minimum absolute atomic E-state index is 0.0778. The first-order valence-electron chi connectivity index (χ1n) is 9.17. The van der Waals surface area contributed by atoms with E-state index in [-0.39, 0.29) is 11.5 Å². The van der Waals surface area contributed by atoms with Crippen LogP contribution in [-0.4, -0.2) is 48.2 Å². The molecule has 0 spiro atoms. The number of fused-ring (bicyclic) bond motifs is 1. The Labute approximate surface area is 143 Å². The summed E-state index contributed by atoms with van der Waals surface area (Å²) >= 11 is 0. The summed E-state index contributed by atoms with van der Waals surface area (Å²) in [5.74, 6) is 1.75. The monoisotopic (exact) mass is 330 g/mol. The van der Waals surface area contributed by atoms with Gasteiger partial charge < -0.3 is 14.4 Å². The summed E-state index contributed by atoms with van der Waals surface area (Å²) in [6.07, 6.45) is 9.89. The van der Waals surface area contributed by atoms with Gasteiger partial charge in [0.1, 0.15) is 5.75 Å². The van der Waals surface area contributed by atoms with E-state index in [0.29, 0.717) is 18.4 Å². The SMILES string of the molecule is O=C(CC1CC1)N1CC[C@@H]2OCCC[C@@]2(COc2cccnc2)C1. The average molecular weight is 330 g/mol. The number of pyridine rings is 1. The van der Waals surface area contributed by atoms with Crippen molar-refractivity contribution in [1.82, 2.24) is 9.88 Å². The van der Waals surface area contributed by atoms with Crippen LogP contribution in [0.2, 0.25) is 0 Å². The van der Waals surface area contributed by atoms with E-state index in [2.05, 4.69) is 9.88 Å². The van der Waals surface area contributed by atoms with Crippen LogP contribution in [0.1, 0.15) is 38.5 Å². The fourth-order valence-corrected chi connectivity index (χ4v) is 4.07. The summed E-state index contributed by atoms with van der Waals surface area (Å²) in [6, 6.07) is 3.81.